The van der Waals surface area contributed by atoms with Crippen molar-refractivity contribution in [3.05, 3.63) is 47.0 Å². The molecule has 0 atom stereocenters. The summed E-state index contributed by atoms with van der Waals surface area (Å²) in [5, 5.41) is 3.89. The second-order valence-corrected chi connectivity index (χ2v) is 4.70. The van der Waals surface area contributed by atoms with Gasteiger partial charge in [-0.2, -0.15) is 0 Å². The van der Waals surface area contributed by atoms with Crippen LogP contribution in [0.1, 0.15) is 5.56 Å². The van der Waals surface area contributed by atoms with Gasteiger partial charge in [-0.1, -0.05) is 11.6 Å². The number of ether oxygens (including phenoxy) is 2. The van der Waals surface area contributed by atoms with Crippen LogP contribution in [-0.2, 0) is 6.54 Å². The lowest BCUT2D eigenvalue weighted by atomic mass is 10.1. The fraction of sp³-hybridized carbons (Fsp3) is 0.200. The molecule has 0 aliphatic carbocycles. The van der Waals surface area contributed by atoms with Crippen LogP contribution >= 0.6 is 11.6 Å². The largest absolute Gasteiger partial charge is 0.497 e. The van der Waals surface area contributed by atoms with E-state index in [0.29, 0.717) is 17.3 Å². The summed E-state index contributed by atoms with van der Waals surface area (Å²) in [6.45, 7) is 0.581. The Morgan fingerprint density at radius 3 is 2.60 bits per heavy atom. The molecule has 0 saturated heterocycles. The molecule has 2 aromatic carbocycles. The summed E-state index contributed by atoms with van der Waals surface area (Å²) in [7, 11) is 3.26. The first-order valence-corrected chi connectivity index (χ1v) is 6.51. The van der Waals surface area contributed by atoms with Crippen molar-refractivity contribution < 1.29 is 9.47 Å². The quantitative estimate of drug-likeness (QED) is 0.828. The number of halogens is 1. The highest BCUT2D eigenvalue weighted by Crippen LogP contribution is 2.27. The lowest BCUT2D eigenvalue weighted by Crippen LogP contribution is -2.04. The second-order valence-electron chi connectivity index (χ2n) is 4.26. The summed E-state index contributed by atoms with van der Waals surface area (Å²) in [5.74, 6) is 1.52. The maximum atomic E-state index is 5.96. The Hall–Kier alpha value is -2.07. The van der Waals surface area contributed by atoms with Crippen molar-refractivity contribution in [2.24, 2.45) is 0 Å². The summed E-state index contributed by atoms with van der Waals surface area (Å²) in [6, 6.07) is 11.0. The van der Waals surface area contributed by atoms with Crippen LogP contribution in [0.2, 0.25) is 5.02 Å². The smallest absolute Gasteiger partial charge is 0.127 e. The Labute approximate surface area is 123 Å². The number of nitrogens with one attached hydrogen (secondary N) is 1. The van der Waals surface area contributed by atoms with Crippen molar-refractivity contribution in [3.8, 4) is 11.5 Å². The average Bonchev–Trinajstić information content (AvgIpc) is 2.48. The van der Waals surface area contributed by atoms with E-state index in [9.17, 15) is 0 Å². The van der Waals surface area contributed by atoms with Crippen LogP contribution in [0.4, 0.5) is 11.4 Å². The first-order chi connectivity index (χ1) is 9.63. The molecule has 106 valence electrons. The molecule has 0 bridgehead atoms. The van der Waals surface area contributed by atoms with E-state index in [4.69, 9.17) is 26.8 Å². The number of hydrogen-bond donors (Lipinski definition) is 2. The van der Waals surface area contributed by atoms with Gasteiger partial charge in [-0.3, -0.25) is 0 Å². The van der Waals surface area contributed by atoms with E-state index in [0.717, 1.165) is 22.7 Å². The van der Waals surface area contributed by atoms with Crippen molar-refractivity contribution in [1.82, 2.24) is 0 Å². The summed E-state index contributed by atoms with van der Waals surface area (Å²) in [5.41, 5.74) is 8.36. The third-order valence-corrected chi connectivity index (χ3v) is 3.21. The predicted octanol–water partition coefficient (Wildman–Crippen LogP) is 3.55. The number of hydrogen-bond acceptors (Lipinski definition) is 4. The molecule has 0 aliphatic heterocycles. The standard InChI is InChI=1S/C15H17ClN2O2/c1-19-12-5-3-10(15(8-12)20-2)9-18-14-7-11(16)4-6-13(14)17/h3-8,18H,9,17H2,1-2H3. The lowest BCUT2D eigenvalue weighted by molar-refractivity contribution is 0.391. The molecule has 0 fully saturated rings. The van der Waals surface area contributed by atoms with Crippen LogP contribution in [0.15, 0.2) is 36.4 Å². The minimum atomic E-state index is 0.581. The summed E-state index contributed by atoms with van der Waals surface area (Å²) >= 11 is 5.96. The molecule has 20 heavy (non-hydrogen) atoms. The zero-order chi connectivity index (χ0) is 14.5. The SMILES string of the molecule is COc1ccc(CNc2cc(Cl)ccc2N)c(OC)c1. The minimum Gasteiger partial charge on any atom is -0.497 e. The van der Waals surface area contributed by atoms with Gasteiger partial charge in [0.25, 0.3) is 0 Å². The van der Waals surface area contributed by atoms with Gasteiger partial charge in [-0.15, -0.1) is 0 Å². The molecule has 4 nitrogen and oxygen atoms in total. The number of benzene rings is 2. The molecule has 2 rings (SSSR count). The highest BCUT2D eigenvalue weighted by Gasteiger charge is 2.06. The van der Waals surface area contributed by atoms with Gasteiger partial charge in [0.15, 0.2) is 0 Å². The third kappa shape index (κ3) is 3.27. The maximum Gasteiger partial charge on any atom is 0.127 e. The zero-order valence-electron chi connectivity index (χ0n) is 11.4. The van der Waals surface area contributed by atoms with Gasteiger partial charge in [-0.05, 0) is 30.3 Å². The van der Waals surface area contributed by atoms with Gasteiger partial charge in [0.2, 0.25) is 0 Å². The van der Waals surface area contributed by atoms with E-state index >= 15 is 0 Å². The number of rotatable bonds is 5. The molecule has 5 heteroatoms. The molecule has 0 aromatic heterocycles. The van der Waals surface area contributed by atoms with Crippen LogP contribution in [-0.4, -0.2) is 14.2 Å². The number of nitrogens with two attached hydrogens (primary N) is 1. The molecule has 0 aliphatic rings. The Morgan fingerprint density at radius 2 is 1.90 bits per heavy atom. The van der Waals surface area contributed by atoms with Crippen LogP contribution in [0.5, 0.6) is 11.5 Å². The molecule has 0 amide bonds. The van der Waals surface area contributed by atoms with Gasteiger partial charge in [0, 0.05) is 23.2 Å². The van der Waals surface area contributed by atoms with E-state index in [1.165, 1.54) is 0 Å². The topological polar surface area (TPSA) is 56.5 Å². The van der Waals surface area contributed by atoms with Crippen LogP contribution in [0, 0.1) is 0 Å². The van der Waals surface area contributed by atoms with E-state index in [2.05, 4.69) is 5.32 Å². The van der Waals surface area contributed by atoms with Crippen LogP contribution in [0.25, 0.3) is 0 Å². The molecule has 0 saturated carbocycles. The van der Waals surface area contributed by atoms with Crippen LogP contribution < -0.4 is 20.5 Å². The van der Waals surface area contributed by atoms with Crippen molar-refractivity contribution in [2.75, 3.05) is 25.3 Å². The van der Waals surface area contributed by atoms with Gasteiger partial charge >= 0.3 is 0 Å². The fourth-order valence-electron chi connectivity index (χ4n) is 1.87. The molecular formula is C15H17ClN2O2. The predicted molar refractivity (Wildman–Crippen MR) is 82.7 cm³/mol. The Morgan fingerprint density at radius 1 is 1.10 bits per heavy atom. The van der Waals surface area contributed by atoms with Crippen molar-refractivity contribution in [2.45, 2.75) is 6.54 Å². The molecule has 3 N–H and O–H groups in total. The van der Waals surface area contributed by atoms with E-state index in [1.54, 1.807) is 32.4 Å². The van der Waals surface area contributed by atoms with E-state index < -0.39 is 0 Å². The molecule has 0 radical (unpaired) electrons. The lowest BCUT2D eigenvalue weighted by Gasteiger charge is -2.13. The molecule has 0 spiro atoms. The first-order valence-electron chi connectivity index (χ1n) is 6.14. The highest BCUT2D eigenvalue weighted by atomic mass is 35.5. The minimum absolute atomic E-state index is 0.581. The number of methoxy groups -OCH3 is 2. The van der Waals surface area contributed by atoms with Gasteiger partial charge in [0.1, 0.15) is 11.5 Å². The third-order valence-electron chi connectivity index (χ3n) is 2.98. The molecular weight excluding hydrogens is 276 g/mol. The van der Waals surface area contributed by atoms with E-state index in [-0.39, 0.29) is 0 Å². The van der Waals surface area contributed by atoms with E-state index in [1.807, 2.05) is 18.2 Å². The number of anilines is 2. The molecule has 2 aromatic rings. The van der Waals surface area contributed by atoms with Crippen molar-refractivity contribution >= 4 is 23.0 Å². The Bertz CT molecular complexity index is 602. The fourth-order valence-corrected chi connectivity index (χ4v) is 2.04. The first kappa shape index (κ1) is 14.3. The summed E-state index contributed by atoms with van der Waals surface area (Å²) < 4.78 is 10.5. The summed E-state index contributed by atoms with van der Waals surface area (Å²) in [4.78, 5) is 0. The monoisotopic (exact) mass is 292 g/mol. The average molecular weight is 293 g/mol. The maximum absolute atomic E-state index is 5.96. The zero-order valence-corrected chi connectivity index (χ0v) is 12.2. The van der Waals surface area contributed by atoms with Crippen molar-refractivity contribution in [3.63, 3.8) is 0 Å². The van der Waals surface area contributed by atoms with Gasteiger partial charge in [-0.25, -0.2) is 0 Å². The normalized spacial score (nSPS) is 10.2. The van der Waals surface area contributed by atoms with Crippen LogP contribution in [0.3, 0.4) is 0 Å². The molecule has 0 heterocycles. The van der Waals surface area contributed by atoms with Gasteiger partial charge < -0.3 is 20.5 Å². The highest BCUT2D eigenvalue weighted by molar-refractivity contribution is 6.31. The number of nitrogen functional groups attached to an aromatic ring is 1. The summed E-state index contributed by atoms with van der Waals surface area (Å²) in [6.07, 6.45) is 0. The van der Waals surface area contributed by atoms with Crippen molar-refractivity contribution in [1.29, 1.82) is 0 Å². The van der Waals surface area contributed by atoms with Gasteiger partial charge in [0.05, 0.1) is 25.6 Å². The molecule has 0 unspecified atom stereocenters. The Balaban J connectivity index is 2.16. The Kier molecular flexibility index (Phi) is 4.58. The second kappa shape index (κ2) is 6.39.